The molecule has 0 spiro atoms. The second kappa shape index (κ2) is 12.3. The number of carboxylic acid groups (broad SMARTS) is 2. The quantitative estimate of drug-likeness (QED) is 0.169. The van der Waals surface area contributed by atoms with E-state index >= 15 is 0 Å². The second-order valence-corrected chi connectivity index (χ2v) is 20.0. The Morgan fingerprint density at radius 3 is 1.28 bits per heavy atom. The summed E-state index contributed by atoms with van der Waals surface area (Å²) in [5.41, 5.74) is -3.27. The smallest absolute Gasteiger partial charge is 0.321 e. The number of aromatic hydroxyl groups is 1. The maximum Gasteiger partial charge on any atom is 0.321 e. The fourth-order valence-electron chi connectivity index (χ4n) is 10.5. The number of benzene rings is 1. The summed E-state index contributed by atoms with van der Waals surface area (Å²) < 4.78 is 0. The van der Waals surface area contributed by atoms with Crippen LogP contribution < -0.4 is 10.6 Å². The normalized spacial score (nSPS) is 22.2. The number of hydrogen-bond acceptors (Lipinski definition) is 5. The van der Waals surface area contributed by atoms with Crippen LogP contribution in [0.15, 0.2) is 12.1 Å². The highest BCUT2D eigenvalue weighted by atomic mass is 16.4. The SMILES string of the molecule is CCCC(C1CC(C)(C)NC(C)(C)C1)(C1CC(C)(C)NC(C)(C)C1)C(Cc1cc(C(C)(C)C)c(O)c(C(C)(C)C)c1)(C(=O)O)C(=O)O. The van der Waals surface area contributed by atoms with Gasteiger partial charge in [-0.2, -0.15) is 0 Å². The molecule has 0 aromatic heterocycles. The van der Waals surface area contributed by atoms with Crippen molar-refractivity contribution in [2.45, 2.75) is 182 Å². The molecule has 7 heteroatoms. The number of aliphatic carboxylic acids is 2. The number of nitrogens with one attached hydrogen (secondary N) is 2. The first-order valence-corrected chi connectivity index (χ1v) is 17.9. The van der Waals surface area contributed by atoms with Crippen molar-refractivity contribution in [3.05, 3.63) is 28.8 Å². The number of carboxylic acids is 2. The lowest BCUT2D eigenvalue weighted by molar-refractivity contribution is -0.198. The summed E-state index contributed by atoms with van der Waals surface area (Å²) in [4.78, 5) is 28.6. The first kappa shape index (κ1) is 39.3. The Morgan fingerprint density at radius 2 is 1.02 bits per heavy atom. The van der Waals surface area contributed by atoms with E-state index in [1.165, 1.54) is 0 Å². The molecular weight excluding hydrogens is 588 g/mol. The molecule has 3 rings (SSSR count). The molecule has 0 radical (unpaired) electrons. The highest BCUT2D eigenvalue weighted by Gasteiger charge is 2.69. The van der Waals surface area contributed by atoms with Gasteiger partial charge in [0.1, 0.15) is 5.75 Å². The van der Waals surface area contributed by atoms with E-state index in [2.05, 4.69) is 72.9 Å². The van der Waals surface area contributed by atoms with Crippen LogP contribution in [-0.2, 0) is 26.8 Å². The standard InChI is InChI=1S/C40H68N2O5/c1-16-17-39(26-21-35(8,9)41-36(10,11)22-26,27-23-37(12,13)42-38(14,15)24-27)40(31(44)45,32(46)47)20-25-18-28(33(2,3)4)30(43)29(19-25)34(5,6)7/h18-19,26-27,41-43H,16-17,20-24H2,1-15H3,(H,44,45)(H,46,47). The third-order valence-corrected chi connectivity index (χ3v) is 11.3. The second-order valence-electron chi connectivity index (χ2n) is 20.0. The average Bonchev–Trinajstić information content (AvgIpc) is 2.81. The van der Waals surface area contributed by atoms with Crippen LogP contribution in [0.2, 0.25) is 0 Å². The lowest BCUT2D eigenvalue weighted by Gasteiger charge is -2.63. The fourth-order valence-corrected chi connectivity index (χ4v) is 10.5. The Bertz CT molecular complexity index is 1220. The summed E-state index contributed by atoms with van der Waals surface area (Å²) in [6, 6.07) is 3.77. The number of carbonyl (C=O) groups is 2. The summed E-state index contributed by atoms with van der Waals surface area (Å²) in [6.45, 7) is 31.6. The molecule has 268 valence electrons. The highest BCUT2D eigenvalue weighted by molar-refractivity contribution is 6.00. The zero-order valence-electron chi connectivity index (χ0n) is 32.4. The highest BCUT2D eigenvalue weighted by Crippen LogP contribution is 2.64. The number of piperidine rings is 2. The monoisotopic (exact) mass is 657 g/mol. The Hall–Kier alpha value is -2.12. The van der Waals surface area contributed by atoms with E-state index in [0.717, 1.165) is 0 Å². The van der Waals surface area contributed by atoms with Crippen molar-refractivity contribution in [1.29, 1.82) is 0 Å². The summed E-state index contributed by atoms with van der Waals surface area (Å²) in [6.07, 6.45) is 3.74. The third kappa shape index (κ3) is 7.71. The lowest BCUT2D eigenvalue weighted by atomic mass is 9.43. The molecule has 5 N–H and O–H groups in total. The molecule has 7 nitrogen and oxygen atoms in total. The van der Waals surface area contributed by atoms with E-state index in [-0.39, 0.29) is 46.2 Å². The molecule has 2 aliphatic rings. The summed E-state index contributed by atoms with van der Waals surface area (Å²) in [5.74, 6) is -2.66. The maximum atomic E-state index is 14.3. The Balaban J connectivity index is 2.54. The minimum absolute atomic E-state index is 0.153. The molecule has 1 aromatic carbocycles. The number of hydrogen-bond donors (Lipinski definition) is 5. The van der Waals surface area contributed by atoms with Gasteiger partial charge >= 0.3 is 11.9 Å². The molecule has 2 heterocycles. The van der Waals surface area contributed by atoms with E-state index in [0.29, 0.717) is 55.2 Å². The first-order valence-electron chi connectivity index (χ1n) is 17.9. The fraction of sp³-hybridized carbons (Fsp3) is 0.800. The van der Waals surface area contributed by atoms with Crippen molar-refractivity contribution in [3.63, 3.8) is 0 Å². The van der Waals surface area contributed by atoms with Crippen molar-refractivity contribution in [2.24, 2.45) is 22.7 Å². The predicted octanol–water partition coefficient (Wildman–Crippen LogP) is 8.59. The van der Waals surface area contributed by atoms with Gasteiger partial charge in [-0.15, -0.1) is 0 Å². The Morgan fingerprint density at radius 1 is 0.702 bits per heavy atom. The zero-order valence-corrected chi connectivity index (χ0v) is 32.4. The molecule has 2 saturated heterocycles. The molecular formula is C40H68N2O5. The van der Waals surface area contributed by atoms with Gasteiger partial charge in [0, 0.05) is 27.6 Å². The van der Waals surface area contributed by atoms with E-state index in [9.17, 15) is 24.9 Å². The van der Waals surface area contributed by atoms with Crippen LogP contribution in [0.25, 0.3) is 0 Å². The molecule has 0 unspecified atom stereocenters. The molecule has 0 aliphatic carbocycles. The molecule has 2 aliphatic heterocycles. The minimum atomic E-state index is -2.12. The van der Waals surface area contributed by atoms with Gasteiger partial charge in [0.05, 0.1) is 0 Å². The molecule has 1 aromatic rings. The van der Waals surface area contributed by atoms with Crippen molar-refractivity contribution in [2.75, 3.05) is 0 Å². The zero-order chi connectivity index (χ0) is 36.4. The van der Waals surface area contributed by atoms with Crippen LogP contribution >= 0.6 is 0 Å². The van der Waals surface area contributed by atoms with E-state index in [4.69, 9.17) is 0 Å². The minimum Gasteiger partial charge on any atom is -0.507 e. The van der Waals surface area contributed by atoms with E-state index < -0.39 is 33.6 Å². The number of phenolic OH excluding ortho intramolecular Hbond substituents is 1. The molecule has 2 fully saturated rings. The molecule has 0 amide bonds. The van der Waals surface area contributed by atoms with Crippen molar-refractivity contribution in [3.8, 4) is 5.75 Å². The van der Waals surface area contributed by atoms with Crippen LogP contribution in [0.4, 0.5) is 0 Å². The third-order valence-electron chi connectivity index (χ3n) is 11.3. The van der Waals surface area contributed by atoms with E-state index in [1.807, 2.05) is 53.7 Å². The first-order chi connectivity index (χ1) is 21.0. The summed E-state index contributed by atoms with van der Waals surface area (Å²) >= 11 is 0. The molecule has 0 atom stereocenters. The van der Waals surface area contributed by atoms with Crippen LogP contribution in [0.5, 0.6) is 5.75 Å². The van der Waals surface area contributed by atoms with Gasteiger partial charge in [-0.05, 0) is 133 Å². The van der Waals surface area contributed by atoms with Gasteiger partial charge in [-0.1, -0.05) is 67.0 Å². The predicted molar refractivity (Wildman–Crippen MR) is 192 cm³/mol. The largest absolute Gasteiger partial charge is 0.507 e. The van der Waals surface area contributed by atoms with Gasteiger partial charge in [-0.3, -0.25) is 9.59 Å². The number of phenols is 1. The topological polar surface area (TPSA) is 119 Å². The van der Waals surface area contributed by atoms with Gasteiger partial charge in [0.15, 0.2) is 5.41 Å². The molecule has 47 heavy (non-hydrogen) atoms. The van der Waals surface area contributed by atoms with Crippen molar-refractivity contribution < 1.29 is 24.9 Å². The summed E-state index contributed by atoms with van der Waals surface area (Å²) in [5, 5.41) is 42.4. The van der Waals surface area contributed by atoms with Gasteiger partial charge in [0.25, 0.3) is 0 Å². The van der Waals surface area contributed by atoms with Gasteiger partial charge < -0.3 is 26.0 Å². The van der Waals surface area contributed by atoms with Crippen LogP contribution in [-0.4, -0.2) is 49.4 Å². The molecule has 0 saturated carbocycles. The number of rotatable bonds is 9. The lowest BCUT2D eigenvalue weighted by Crippen LogP contribution is -2.70. The Kier molecular flexibility index (Phi) is 10.3. The average molecular weight is 657 g/mol. The van der Waals surface area contributed by atoms with Crippen LogP contribution in [0, 0.1) is 22.7 Å². The molecule has 0 bridgehead atoms. The van der Waals surface area contributed by atoms with Crippen molar-refractivity contribution in [1.82, 2.24) is 10.6 Å². The van der Waals surface area contributed by atoms with Gasteiger partial charge in [-0.25, -0.2) is 0 Å². The van der Waals surface area contributed by atoms with Crippen LogP contribution in [0.3, 0.4) is 0 Å². The Labute approximate surface area is 286 Å². The maximum absolute atomic E-state index is 14.3. The summed E-state index contributed by atoms with van der Waals surface area (Å²) in [7, 11) is 0. The van der Waals surface area contributed by atoms with Crippen molar-refractivity contribution >= 4 is 11.9 Å². The van der Waals surface area contributed by atoms with Crippen LogP contribution in [0.1, 0.15) is 159 Å². The van der Waals surface area contributed by atoms with Gasteiger partial charge in [0.2, 0.25) is 0 Å². The van der Waals surface area contributed by atoms with E-state index in [1.54, 1.807) is 0 Å².